The third kappa shape index (κ3) is 7.01. The molecule has 0 saturated carbocycles. The topological polar surface area (TPSA) is 72.6 Å². The molecule has 0 aliphatic heterocycles. The summed E-state index contributed by atoms with van der Waals surface area (Å²) in [5, 5.41) is 7.05. The Balaban J connectivity index is 0.00000132. The first-order valence-electron chi connectivity index (χ1n) is 13.3. The zero-order valence-electron chi connectivity index (χ0n) is 23.2. The van der Waals surface area contributed by atoms with Gasteiger partial charge in [-0.15, -0.1) is 0 Å². The predicted molar refractivity (Wildman–Crippen MR) is 162 cm³/mol. The summed E-state index contributed by atoms with van der Waals surface area (Å²) < 4.78 is 4.35. The molecule has 224 valence electrons. The summed E-state index contributed by atoms with van der Waals surface area (Å²) in [7, 11) is 0. The Hall–Kier alpha value is -4.05. The van der Waals surface area contributed by atoms with Crippen molar-refractivity contribution in [1.29, 1.82) is 0 Å². The molecular weight excluding hydrogens is 660 g/mol. The van der Waals surface area contributed by atoms with Crippen molar-refractivity contribution in [1.82, 2.24) is 24.1 Å². The molecule has 44 heavy (non-hydrogen) atoms. The molecule has 11 heteroatoms. The van der Waals surface area contributed by atoms with Gasteiger partial charge in [0, 0.05) is 11.4 Å². The van der Waals surface area contributed by atoms with E-state index < -0.39 is 0 Å². The molecule has 0 aliphatic carbocycles. The van der Waals surface area contributed by atoms with Crippen LogP contribution < -0.4 is 47.9 Å². The molecule has 2 N–H and O–H groups in total. The van der Waals surface area contributed by atoms with Gasteiger partial charge in [-0.3, -0.25) is 0 Å². The van der Waals surface area contributed by atoms with E-state index in [1.165, 1.54) is 0 Å². The van der Waals surface area contributed by atoms with Gasteiger partial charge in [0.05, 0.1) is 35.4 Å². The SMILES string of the molecule is [Cl-].[Cl-].[Cl-].[Co+3].c1ccc(NCn2c(-c3cccc(-c4nc5ccccc5n4CNc4ccccc4)n3)nc3ccccc32)cc1. The van der Waals surface area contributed by atoms with Crippen LogP contribution in [0.15, 0.2) is 127 Å². The van der Waals surface area contributed by atoms with Crippen LogP contribution in [0.25, 0.3) is 45.1 Å². The Morgan fingerprint density at radius 2 is 0.818 bits per heavy atom. The van der Waals surface area contributed by atoms with E-state index in [9.17, 15) is 0 Å². The maximum Gasteiger partial charge on any atom is 3.00 e. The van der Waals surface area contributed by atoms with Crippen molar-refractivity contribution in [2.75, 3.05) is 10.6 Å². The average molecular weight is 687 g/mol. The quantitative estimate of drug-likeness (QED) is 0.199. The number of imidazole rings is 2. The number of rotatable bonds is 8. The molecule has 0 atom stereocenters. The summed E-state index contributed by atoms with van der Waals surface area (Å²) >= 11 is 0. The standard InChI is InChI=1S/C33H27N7.3ClH.Co/c1-3-12-24(13-4-1)34-22-39-30-20-9-7-16-26(30)37-32(39)28-18-11-19-29(36-28)33-38-27-17-8-10-21-31(27)40(33)23-35-25-14-5-2-6-15-25;;;;/h1-21,34-35H,22-23H2;3*1H;/q;;;;+3/p-3. The van der Waals surface area contributed by atoms with Crippen molar-refractivity contribution in [3.63, 3.8) is 0 Å². The number of pyridine rings is 1. The molecule has 0 spiro atoms. The number of hydrogen-bond acceptors (Lipinski definition) is 5. The van der Waals surface area contributed by atoms with Crippen LogP contribution in [-0.2, 0) is 30.1 Å². The first-order valence-corrected chi connectivity index (χ1v) is 13.3. The molecule has 0 unspecified atom stereocenters. The summed E-state index contributed by atoms with van der Waals surface area (Å²) in [6.45, 7) is 1.12. The number of aromatic nitrogens is 5. The van der Waals surface area contributed by atoms with E-state index in [-0.39, 0.29) is 54.0 Å². The third-order valence-electron chi connectivity index (χ3n) is 6.95. The second-order valence-electron chi connectivity index (χ2n) is 9.51. The molecule has 0 aliphatic rings. The minimum atomic E-state index is 0. The molecule has 7 nitrogen and oxygen atoms in total. The first kappa shape index (κ1) is 34.4. The maximum atomic E-state index is 5.11. The number of nitrogens with one attached hydrogen (secondary N) is 2. The number of para-hydroxylation sites is 6. The molecular formula is C33H27Cl3CoN7. The Bertz CT molecular complexity index is 1790. The minimum Gasteiger partial charge on any atom is -1.00 e. The van der Waals surface area contributed by atoms with Gasteiger partial charge in [-0.25, -0.2) is 15.0 Å². The molecule has 7 rings (SSSR count). The Morgan fingerprint density at radius 3 is 1.25 bits per heavy atom. The number of benzene rings is 4. The van der Waals surface area contributed by atoms with Crippen LogP contribution in [0.4, 0.5) is 11.4 Å². The molecule has 4 aromatic carbocycles. The molecule has 0 saturated heterocycles. The zero-order valence-corrected chi connectivity index (χ0v) is 26.6. The van der Waals surface area contributed by atoms with Crippen LogP contribution in [0.2, 0.25) is 0 Å². The number of fused-ring (bicyclic) bond motifs is 2. The van der Waals surface area contributed by atoms with Gasteiger partial charge in [0.25, 0.3) is 0 Å². The van der Waals surface area contributed by atoms with E-state index in [4.69, 9.17) is 15.0 Å². The van der Waals surface area contributed by atoms with Crippen molar-refractivity contribution in [3.05, 3.63) is 127 Å². The molecule has 0 bridgehead atoms. The third-order valence-corrected chi connectivity index (χ3v) is 6.95. The fraction of sp³-hybridized carbons (Fsp3) is 0.0606. The second-order valence-corrected chi connectivity index (χ2v) is 9.51. The summed E-state index contributed by atoms with van der Waals surface area (Å²) in [4.78, 5) is 15.1. The van der Waals surface area contributed by atoms with Crippen molar-refractivity contribution in [2.24, 2.45) is 0 Å². The van der Waals surface area contributed by atoms with E-state index in [0.29, 0.717) is 13.3 Å². The van der Waals surface area contributed by atoms with Gasteiger partial charge in [0.1, 0.15) is 11.4 Å². The Kier molecular flexibility index (Phi) is 12.2. The zero-order chi connectivity index (χ0) is 26.7. The Labute approximate surface area is 284 Å². The van der Waals surface area contributed by atoms with Crippen molar-refractivity contribution >= 4 is 33.4 Å². The van der Waals surface area contributed by atoms with Crippen LogP contribution in [-0.4, -0.2) is 24.1 Å². The van der Waals surface area contributed by atoms with Gasteiger partial charge in [-0.2, -0.15) is 0 Å². The van der Waals surface area contributed by atoms with E-state index >= 15 is 0 Å². The van der Waals surface area contributed by atoms with Crippen LogP contribution in [0.5, 0.6) is 0 Å². The van der Waals surface area contributed by atoms with E-state index in [2.05, 4.69) is 56.2 Å². The fourth-order valence-electron chi connectivity index (χ4n) is 5.00. The van der Waals surface area contributed by atoms with E-state index in [1.54, 1.807) is 0 Å². The summed E-state index contributed by atoms with van der Waals surface area (Å²) in [6.07, 6.45) is 0. The van der Waals surface area contributed by atoms with Gasteiger partial charge < -0.3 is 57.0 Å². The predicted octanol–water partition coefficient (Wildman–Crippen LogP) is -1.74. The van der Waals surface area contributed by atoms with Crippen molar-refractivity contribution in [3.8, 4) is 23.0 Å². The van der Waals surface area contributed by atoms with Crippen molar-refractivity contribution < 1.29 is 54.0 Å². The summed E-state index contributed by atoms with van der Waals surface area (Å²) in [6, 6.07) is 42.8. The van der Waals surface area contributed by atoms with Crippen LogP contribution in [0.1, 0.15) is 0 Å². The van der Waals surface area contributed by atoms with Gasteiger partial charge in [-0.05, 0) is 60.7 Å². The average Bonchev–Trinajstić information content (AvgIpc) is 3.59. The smallest absolute Gasteiger partial charge is 1.00 e. The number of halogens is 3. The second kappa shape index (κ2) is 15.6. The molecule has 3 aromatic heterocycles. The van der Waals surface area contributed by atoms with Crippen LogP contribution in [0, 0.1) is 0 Å². The monoisotopic (exact) mass is 685 g/mol. The van der Waals surface area contributed by atoms with E-state index in [0.717, 1.165) is 56.5 Å². The van der Waals surface area contributed by atoms with Gasteiger partial charge >= 0.3 is 16.8 Å². The molecule has 7 aromatic rings. The summed E-state index contributed by atoms with van der Waals surface area (Å²) in [5.74, 6) is 1.60. The molecule has 3 heterocycles. The Morgan fingerprint density at radius 1 is 0.432 bits per heavy atom. The molecule has 0 fully saturated rings. The maximum absolute atomic E-state index is 5.11. The van der Waals surface area contributed by atoms with Gasteiger partial charge in [0.2, 0.25) is 0 Å². The summed E-state index contributed by atoms with van der Waals surface area (Å²) in [5.41, 5.74) is 7.63. The number of anilines is 2. The van der Waals surface area contributed by atoms with Gasteiger partial charge in [-0.1, -0.05) is 66.7 Å². The largest absolute Gasteiger partial charge is 3.00 e. The van der Waals surface area contributed by atoms with Crippen LogP contribution in [0.3, 0.4) is 0 Å². The first-order chi connectivity index (χ1) is 19.8. The normalized spacial score (nSPS) is 10.2. The number of nitrogens with zero attached hydrogens (tertiary/aromatic N) is 5. The van der Waals surface area contributed by atoms with E-state index in [1.807, 2.05) is 91.0 Å². The fourth-order valence-corrected chi connectivity index (χ4v) is 5.00. The molecule has 0 radical (unpaired) electrons. The van der Waals surface area contributed by atoms with Crippen LogP contribution >= 0.6 is 0 Å². The van der Waals surface area contributed by atoms with Gasteiger partial charge in [0.15, 0.2) is 11.6 Å². The molecule has 0 amide bonds. The number of hydrogen-bond donors (Lipinski definition) is 2. The minimum absolute atomic E-state index is 0. The van der Waals surface area contributed by atoms with Crippen molar-refractivity contribution in [2.45, 2.75) is 13.3 Å².